The molecule has 102 valence electrons. The topological polar surface area (TPSA) is 12.0 Å². The maximum atomic E-state index is 3.64. The fraction of sp³-hybridized carbons (Fsp3) is 0.750. The maximum absolute atomic E-state index is 3.64. The van der Waals surface area contributed by atoms with Crippen molar-refractivity contribution >= 4 is 11.3 Å². The van der Waals surface area contributed by atoms with Crippen molar-refractivity contribution in [2.75, 3.05) is 13.1 Å². The Labute approximate surface area is 116 Å². The van der Waals surface area contributed by atoms with E-state index in [0.717, 1.165) is 11.8 Å². The monoisotopic (exact) mass is 265 g/mol. The molecular formula is C16H27NS. The van der Waals surface area contributed by atoms with Gasteiger partial charge in [0.05, 0.1) is 0 Å². The normalized spacial score (nSPS) is 25.0. The first-order chi connectivity index (χ1) is 8.81. The summed E-state index contributed by atoms with van der Waals surface area (Å²) < 4.78 is 0. The van der Waals surface area contributed by atoms with Crippen molar-refractivity contribution < 1.29 is 0 Å². The molecule has 1 fully saturated rings. The number of thiophene rings is 1. The summed E-state index contributed by atoms with van der Waals surface area (Å²) >= 11 is 1.91. The van der Waals surface area contributed by atoms with Crippen molar-refractivity contribution in [3.8, 4) is 0 Å². The van der Waals surface area contributed by atoms with Gasteiger partial charge in [-0.1, -0.05) is 26.2 Å². The van der Waals surface area contributed by atoms with Gasteiger partial charge in [0.25, 0.3) is 0 Å². The molecule has 1 aliphatic rings. The highest BCUT2D eigenvalue weighted by molar-refractivity contribution is 7.10. The molecule has 0 radical (unpaired) electrons. The van der Waals surface area contributed by atoms with Crippen molar-refractivity contribution in [2.24, 2.45) is 5.92 Å². The average molecular weight is 265 g/mol. The minimum absolute atomic E-state index is 0.807. The molecule has 2 unspecified atom stereocenters. The molecule has 1 aliphatic carbocycles. The van der Waals surface area contributed by atoms with Crippen LogP contribution in [0.3, 0.4) is 0 Å². The Morgan fingerprint density at radius 1 is 1.28 bits per heavy atom. The second kappa shape index (κ2) is 7.30. The van der Waals surface area contributed by atoms with Crippen LogP contribution in [0.25, 0.3) is 0 Å². The van der Waals surface area contributed by atoms with Gasteiger partial charge in [0.2, 0.25) is 0 Å². The van der Waals surface area contributed by atoms with E-state index in [9.17, 15) is 0 Å². The van der Waals surface area contributed by atoms with E-state index in [-0.39, 0.29) is 0 Å². The van der Waals surface area contributed by atoms with Crippen molar-refractivity contribution in [1.82, 2.24) is 5.32 Å². The van der Waals surface area contributed by atoms with E-state index in [1.54, 1.807) is 5.56 Å². The fourth-order valence-corrected chi connectivity index (χ4v) is 3.96. The lowest BCUT2D eigenvalue weighted by molar-refractivity contribution is 0.376. The van der Waals surface area contributed by atoms with Crippen LogP contribution in [0.5, 0.6) is 0 Å². The minimum Gasteiger partial charge on any atom is -0.316 e. The SMILES string of the molecule is CCCNCC1CCCCCC1c1csc(C)c1. The highest BCUT2D eigenvalue weighted by atomic mass is 32.1. The summed E-state index contributed by atoms with van der Waals surface area (Å²) in [5.74, 6) is 1.66. The molecule has 0 spiro atoms. The van der Waals surface area contributed by atoms with Crippen LogP contribution >= 0.6 is 11.3 Å². The Bertz CT molecular complexity index is 345. The zero-order valence-corrected chi connectivity index (χ0v) is 12.7. The molecule has 1 N–H and O–H groups in total. The molecular weight excluding hydrogens is 238 g/mol. The number of rotatable bonds is 5. The molecule has 1 saturated carbocycles. The van der Waals surface area contributed by atoms with Gasteiger partial charge in [-0.3, -0.25) is 0 Å². The largest absolute Gasteiger partial charge is 0.316 e. The highest BCUT2D eigenvalue weighted by Crippen LogP contribution is 2.37. The zero-order chi connectivity index (χ0) is 12.8. The first kappa shape index (κ1) is 14.1. The molecule has 2 heteroatoms. The van der Waals surface area contributed by atoms with Crippen molar-refractivity contribution in [1.29, 1.82) is 0 Å². The molecule has 0 bridgehead atoms. The lowest BCUT2D eigenvalue weighted by atomic mass is 9.83. The quantitative estimate of drug-likeness (QED) is 0.600. The van der Waals surface area contributed by atoms with Gasteiger partial charge in [0, 0.05) is 4.88 Å². The Morgan fingerprint density at radius 3 is 2.83 bits per heavy atom. The van der Waals surface area contributed by atoms with Crippen LogP contribution in [0.1, 0.15) is 61.8 Å². The van der Waals surface area contributed by atoms with E-state index in [1.165, 1.54) is 56.5 Å². The van der Waals surface area contributed by atoms with Gasteiger partial charge in [-0.05, 0) is 68.1 Å². The molecule has 1 aromatic heterocycles. The van der Waals surface area contributed by atoms with E-state index in [2.05, 4.69) is 30.6 Å². The van der Waals surface area contributed by atoms with E-state index in [1.807, 2.05) is 11.3 Å². The Morgan fingerprint density at radius 2 is 2.11 bits per heavy atom. The van der Waals surface area contributed by atoms with Crippen LogP contribution < -0.4 is 5.32 Å². The zero-order valence-electron chi connectivity index (χ0n) is 11.9. The average Bonchev–Trinajstić information content (AvgIpc) is 2.65. The lowest BCUT2D eigenvalue weighted by Gasteiger charge is -2.25. The first-order valence-electron chi connectivity index (χ1n) is 7.57. The van der Waals surface area contributed by atoms with Crippen LogP contribution in [0.2, 0.25) is 0 Å². The molecule has 0 aliphatic heterocycles. The molecule has 0 aromatic carbocycles. The third-order valence-electron chi connectivity index (χ3n) is 4.17. The second-order valence-electron chi connectivity index (χ2n) is 5.70. The Hall–Kier alpha value is -0.340. The summed E-state index contributed by atoms with van der Waals surface area (Å²) in [5, 5.41) is 6.04. The molecule has 0 saturated heterocycles. The highest BCUT2D eigenvalue weighted by Gasteiger charge is 2.25. The van der Waals surface area contributed by atoms with Crippen LogP contribution in [0.15, 0.2) is 11.4 Å². The predicted molar refractivity (Wildman–Crippen MR) is 81.5 cm³/mol. The summed E-state index contributed by atoms with van der Waals surface area (Å²) in [6, 6.07) is 2.42. The van der Waals surface area contributed by atoms with E-state index in [4.69, 9.17) is 0 Å². The van der Waals surface area contributed by atoms with E-state index in [0.29, 0.717) is 0 Å². The summed E-state index contributed by atoms with van der Waals surface area (Å²) in [5.41, 5.74) is 1.61. The number of aryl methyl sites for hydroxylation is 1. The van der Waals surface area contributed by atoms with Crippen LogP contribution in [-0.2, 0) is 0 Å². The number of hydrogen-bond acceptors (Lipinski definition) is 2. The molecule has 18 heavy (non-hydrogen) atoms. The smallest absolute Gasteiger partial charge is 0.00171 e. The number of hydrogen-bond donors (Lipinski definition) is 1. The second-order valence-corrected chi connectivity index (χ2v) is 6.81. The van der Waals surface area contributed by atoms with Crippen LogP contribution in [0, 0.1) is 12.8 Å². The molecule has 0 amide bonds. The Balaban J connectivity index is 2.01. The predicted octanol–water partition coefficient (Wildman–Crippen LogP) is 4.72. The molecule has 1 heterocycles. The van der Waals surface area contributed by atoms with Crippen LogP contribution in [0.4, 0.5) is 0 Å². The molecule has 1 aromatic rings. The van der Waals surface area contributed by atoms with Gasteiger partial charge in [-0.25, -0.2) is 0 Å². The fourth-order valence-electron chi connectivity index (χ4n) is 3.19. The summed E-state index contributed by atoms with van der Waals surface area (Å²) in [6.45, 7) is 6.87. The van der Waals surface area contributed by atoms with E-state index >= 15 is 0 Å². The Kier molecular flexibility index (Phi) is 5.71. The summed E-state index contributed by atoms with van der Waals surface area (Å²) in [6.07, 6.45) is 8.34. The van der Waals surface area contributed by atoms with E-state index < -0.39 is 0 Å². The molecule has 2 atom stereocenters. The third-order valence-corrected chi connectivity index (χ3v) is 5.05. The molecule has 2 rings (SSSR count). The maximum Gasteiger partial charge on any atom is 0.00171 e. The van der Waals surface area contributed by atoms with Gasteiger partial charge in [0.15, 0.2) is 0 Å². The van der Waals surface area contributed by atoms with Crippen LogP contribution in [-0.4, -0.2) is 13.1 Å². The standard InChI is InChI=1S/C16H27NS/c1-3-9-17-11-14-7-5-4-6-8-16(14)15-10-13(2)18-12-15/h10,12,14,16-17H,3-9,11H2,1-2H3. The van der Waals surface area contributed by atoms with Gasteiger partial charge >= 0.3 is 0 Å². The first-order valence-corrected chi connectivity index (χ1v) is 8.45. The van der Waals surface area contributed by atoms with Gasteiger partial charge in [-0.15, -0.1) is 11.3 Å². The lowest BCUT2D eigenvalue weighted by Crippen LogP contribution is -2.27. The molecule has 1 nitrogen and oxygen atoms in total. The summed E-state index contributed by atoms with van der Waals surface area (Å²) in [4.78, 5) is 1.47. The van der Waals surface area contributed by atoms with Crippen molar-refractivity contribution in [2.45, 2.75) is 58.3 Å². The summed E-state index contributed by atoms with van der Waals surface area (Å²) in [7, 11) is 0. The number of nitrogens with one attached hydrogen (secondary N) is 1. The van der Waals surface area contributed by atoms with Gasteiger partial charge in [0.1, 0.15) is 0 Å². The third kappa shape index (κ3) is 3.83. The van der Waals surface area contributed by atoms with Gasteiger partial charge in [-0.2, -0.15) is 0 Å². The minimum atomic E-state index is 0.807. The van der Waals surface area contributed by atoms with Gasteiger partial charge < -0.3 is 5.32 Å². The van der Waals surface area contributed by atoms with Crippen molar-refractivity contribution in [3.63, 3.8) is 0 Å². The van der Waals surface area contributed by atoms with Crippen molar-refractivity contribution in [3.05, 3.63) is 21.9 Å².